The molecule has 0 radical (unpaired) electrons. The number of amides is 1. The highest BCUT2D eigenvalue weighted by atomic mass is 16.4. The average molecular weight is 301 g/mol. The van der Waals surface area contributed by atoms with E-state index in [1.807, 2.05) is 6.07 Å². The molecule has 1 aromatic heterocycles. The molecule has 1 aliphatic carbocycles. The van der Waals surface area contributed by atoms with Crippen LogP contribution in [0.5, 0.6) is 0 Å². The zero-order valence-electron chi connectivity index (χ0n) is 11.9. The Hall–Kier alpha value is -2.77. The quantitative estimate of drug-likeness (QED) is 0.869. The molecule has 1 heterocycles. The predicted octanol–water partition coefficient (Wildman–Crippen LogP) is 0.926. The van der Waals surface area contributed by atoms with Crippen LogP contribution in [0.3, 0.4) is 0 Å². The highest BCUT2D eigenvalue weighted by Gasteiger charge is 2.41. The first kappa shape index (κ1) is 14.2. The highest BCUT2D eigenvalue weighted by molar-refractivity contribution is 5.96. The van der Waals surface area contributed by atoms with Gasteiger partial charge in [-0.3, -0.25) is 9.59 Å². The molecule has 2 N–H and O–H groups in total. The van der Waals surface area contributed by atoms with E-state index in [-0.39, 0.29) is 5.91 Å². The third kappa shape index (κ3) is 2.54. The van der Waals surface area contributed by atoms with Gasteiger partial charge in [-0.15, -0.1) is 5.10 Å². The normalized spacial score (nSPS) is 20.2. The SMILES string of the molecule is Cn1nnnc1-c1cccc(NC(=O)C2CCC2C(=O)O)c1. The second kappa shape index (κ2) is 5.55. The van der Waals surface area contributed by atoms with Crippen molar-refractivity contribution in [3.05, 3.63) is 24.3 Å². The summed E-state index contributed by atoms with van der Waals surface area (Å²) >= 11 is 0. The maximum absolute atomic E-state index is 12.2. The van der Waals surface area contributed by atoms with Crippen molar-refractivity contribution in [2.75, 3.05) is 5.32 Å². The standard InChI is InChI=1S/C14H15N5O3/c1-19-12(16-17-18-19)8-3-2-4-9(7-8)15-13(20)10-5-6-11(10)14(21)22/h2-4,7,10-11H,5-6H2,1H3,(H,15,20)(H,21,22). The van der Waals surface area contributed by atoms with Crippen LogP contribution in [0.2, 0.25) is 0 Å². The van der Waals surface area contributed by atoms with E-state index < -0.39 is 17.8 Å². The van der Waals surface area contributed by atoms with Crippen LogP contribution in [0, 0.1) is 11.8 Å². The van der Waals surface area contributed by atoms with E-state index in [4.69, 9.17) is 5.11 Å². The third-order valence-electron chi connectivity index (χ3n) is 3.94. The van der Waals surface area contributed by atoms with Crippen molar-refractivity contribution < 1.29 is 14.7 Å². The first-order valence-corrected chi connectivity index (χ1v) is 6.92. The molecule has 114 valence electrons. The number of rotatable bonds is 4. The number of carboxylic acids is 1. The maximum atomic E-state index is 12.2. The Morgan fingerprint density at radius 2 is 2.09 bits per heavy atom. The van der Waals surface area contributed by atoms with Crippen LogP contribution < -0.4 is 5.32 Å². The molecule has 8 nitrogen and oxygen atoms in total. The van der Waals surface area contributed by atoms with Crippen molar-refractivity contribution >= 4 is 17.6 Å². The Balaban J connectivity index is 1.75. The van der Waals surface area contributed by atoms with Gasteiger partial charge in [0.1, 0.15) is 0 Å². The summed E-state index contributed by atoms with van der Waals surface area (Å²) in [6.07, 6.45) is 1.16. The summed E-state index contributed by atoms with van der Waals surface area (Å²) in [7, 11) is 1.73. The maximum Gasteiger partial charge on any atom is 0.307 e. The van der Waals surface area contributed by atoms with Gasteiger partial charge >= 0.3 is 5.97 Å². The van der Waals surface area contributed by atoms with Crippen molar-refractivity contribution in [2.45, 2.75) is 12.8 Å². The minimum Gasteiger partial charge on any atom is -0.481 e. The number of anilines is 1. The number of nitrogens with zero attached hydrogens (tertiary/aromatic N) is 4. The van der Waals surface area contributed by atoms with Gasteiger partial charge in [0.05, 0.1) is 11.8 Å². The molecule has 8 heteroatoms. The molecule has 22 heavy (non-hydrogen) atoms. The van der Waals surface area contributed by atoms with E-state index in [1.54, 1.807) is 25.2 Å². The monoisotopic (exact) mass is 301 g/mol. The molecule has 1 fully saturated rings. The molecule has 0 saturated heterocycles. The first-order valence-electron chi connectivity index (χ1n) is 6.92. The van der Waals surface area contributed by atoms with Crippen LogP contribution in [0.4, 0.5) is 5.69 Å². The van der Waals surface area contributed by atoms with Crippen molar-refractivity contribution in [2.24, 2.45) is 18.9 Å². The molecule has 2 atom stereocenters. The number of carbonyl (C=O) groups excluding carboxylic acids is 1. The van der Waals surface area contributed by atoms with Gasteiger partial charge in [-0.1, -0.05) is 12.1 Å². The summed E-state index contributed by atoms with van der Waals surface area (Å²) in [5, 5.41) is 23.0. The van der Waals surface area contributed by atoms with E-state index >= 15 is 0 Å². The number of hydrogen-bond donors (Lipinski definition) is 2. The van der Waals surface area contributed by atoms with Crippen molar-refractivity contribution in [3.63, 3.8) is 0 Å². The third-order valence-corrected chi connectivity index (χ3v) is 3.94. The van der Waals surface area contributed by atoms with Gasteiger partial charge in [-0.2, -0.15) is 0 Å². The Bertz CT molecular complexity index is 727. The number of carboxylic acid groups (broad SMARTS) is 1. The van der Waals surface area contributed by atoms with Gasteiger partial charge in [0.25, 0.3) is 0 Å². The van der Waals surface area contributed by atoms with E-state index in [0.29, 0.717) is 24.4 Å². The Morgan fingerprint density at radius 3 is 2.68 bits per heavy atom. The Morgan fingerprint density at radius 1 is 1.32 bits per heavy atom. The number of aryl methyl sites for hydroxylation is 1. The molecule has 0 bridgehead atoms. The molecule has 1 aromatic carbocycles. The largest absolute Gasteiger partial charge is 0.481 e. The fourth-order valence-electron chi connectivity index (χ4n) is 2.55. The number of aliphatic carboxylic acids is 1. The second-order valence-corrected chi connectivity index (χ2v) is 5.32. The first-order chi connectivity index (χ1) is 10.6. The minimum atomic E-state index is -0.912. The molecule has 1 amide bonds. The van der Waals surface area contributed by atoms with Crippen LogP contribution in [0.1, 0.15) is 12.8 Å². The number of nitrogens with one attached hydrogen (secondary N) is 1. The second-order valence-electron chi connectivity index (χ2n) is 5.32. The molecule has 1 saturated carbocycles. The summed E-state index contributed by atoms with van der Waals surface area (Å²) in [6.45, 7) is 0. The lowest BCUT2D eigenvalue weighted by Gasteiger charge is -2.31. The average Bonchev–Trinajstić information content (AvgIpc) is 2.83. The summed E-state index contributed by atoms with van der Waals surface area (Å²) in [5.41, 5.74) is 1.37. The predicted molar refractivity (Wildman–Crippen MR) is 76.7 cm³/mol. The zero-order chi connectivity index (χ0) is 15.7. The summed E-state index contributed by atoms with van der Waals surface area (Å²) in [4.78, 5) is 23.1. The van der Waals surface area contributed by atoms with Crippen molar-refractivity contribution in [1.82, 2.24) is 20.2 Å². The molecular weight excluding hydrogens is 286 g/mol. The van der Waals surface area contributed by atoms with Gasteiger partial charge in [0, 0.05) is 18.3 Å². The van der Waals surface area contributed by atoms with Gasteiger partial charge in [0.2, 0.25) is 5.91 Å². The number of aromatic nitrogens is 4. The minimum absolute atomic E-state index is 0.258. The summed E-state index contributed by atoms with van der Waals surface area (Å²) in [6, 6.07) is 7.14. The van der Waals surface area contributed by atoms with Crippen LogP contribution >= 0.6 is 0 Å². The van der Waals surface area contributed by atoms with E-state index in [9.17, 15) is 9.59 Å². The fourth-order valence-corrected chi connectivity index (χ4v) is 2.55. The lowest BCUT2D eigenvalue weighted by atomic mass is 9.73. The molecule has 2 unspecified atom stereocenters. The lowest BCUT2D eigenvalue weighted by Crippen LogP contribution is -2.41. The van der Waals surface area contributed by atoms with Crippen LogP contribution in [0.15, 0.2) is 24.3 Å². The van der Waals surface area contributed by atoms with Crippen molar-refractivity contribution in [1.29, 1.82) is 0 Å². The number of carbonyl (C=O) groups is 2. The summed E-state index contributed by atoms with van der Waals surface area (Å²) in [5.74, 6) is -1.62. The molecular formula is C14H15N5O3. The van der Waals surface area contributed by atoms with Crippen LogP contribution in [-0.2, 0) is 16.6 Å². The van der Waals surface area contributed by atoms with E-state index in [1.165, 1.54) is 4.68 Å². The smallest absolute Gasteiger partial charge is 0.307 e. The van der Waals surface area contributed by atoms with Crippen LogP contribution in [-0.4, -0.2) is 37.2 Å². The summed E-state index contributed by atoms with van der Waals surface area (Å²) < 4.78 is 1.54. The van der Waals surface area contributed by atoms with Gasteiger partial charge in [0.15, 0.2) is 5.82 Å². The van der Waals surface area contributed by atoms with Crippen LogP contribution in [0.25, 0.3) is 11.4 Å². The van der Waals surface area contributed by atoms with Gasteiger partial charge in [-0.05, 0) is 35.4 Å². The molecule has 0 aliphatic heterocycles. The molecule has 1 aliphatic rings. The molecule has 3 rings (SSSR count). The fraction of sp³-hybridized carbons (Fsp3) is 0.357. The Labute approximate surface area is 126 Å². The van der Waals surface area contributed by atoms with Gasteiger partial charge in [-0.25, -0.2) is 4.68 Å². The highest BCUT2D eigenvalue weighted by Crippen LogP contribution is 2.35. The topological polar surface area (TPSA) is 110 Å². The number of tetrazole rings is 1. The number of hydrogen-bond acceptors (Lipinski definition) is 5. The number of benzene rings is 1. The van der Waals surface area contributed by atoms with E-state index in [2.05, 4.69) is 20.8 Å². The lowest BCUT2D eigenvalue weighted by molar-refractivity contribution is -0.151. The zero-order valence-corrected chi connectivity index (χ0v) is 11.9. The van der Waals surface area contributed by atoms with Crippen molar-refractivity contribution in [3.8, 4) is 11.4 Å². The Kier molecular flexibility index (Phi) is 3.58. The van der Waals surface area contributed by atoms with E-state index in [0.717, 1.165) is 5.56 Å². The molecule has 0 spiro atoms. The van der Waals surface area contributed by atoms with Gasteiger partial charge < -0.3 is 10.4 Å². The molecule has 2 aromatic rings.